The van der Waals surface area contributed by atoms with E-state index in [1.807, 2.05) is 31.2 Å². The molecule has 4 heteroatoms. The predicted molar refractivity (Wildman–Crippen MR) is 70.8 cm³/mol. The first-order valence-corrected chi connectivity index (χ1v) is 6.16. The second-order valence-corrected chi connectivity index (χ2v) is 4.53. The largest absolute Gasteiger partial charge is 0.341 e. The molecule has 0 aliphatic rings. The highest BCUT2D eigenvalue weighted by molar-refractivity contribution is 6.31. The number of halogens is 1. The monoisotopic (exact) mass is 254 g/mol. The number of benzene rings is 1. The molecular weight excluding hydrogens is 236 g/mol. The van der Waals surface area contributed by atoms with E-state index in [-0.39, 0.29) is 11.8 Å². The summed E-state index contributed by atoms with van der Waals surface area (Å²) < 4.78 is 0. The van der Waals surface area contributed by atoms with Crippen LogP contribution in [0.2, 0.25) is 5.02 Å². The van der Waals surface area contributed by atoms with E-state index < -0.39 is 0 Å². The summed E-state index contributed by atoms with van der Waals surface area (Å²) in [6.45, 7) is 2.88. The molecule has 1 rings (SSSR count). The summed E-state index contributed by atoms with van der Waals surface area (Å²) in [5, 5.41) is 0.688. The molecule has 2 N–H and O–H groups in total. The number of carbonyl (C=O) groups excluding carboxylic acids is 1. The third-order valence-corrected chi connectivity index (χ3v) is 3.24. The van der Waals surface area contributed by atoms with Crippen molar-refractivity contribution in [2.75, 3.05) is 13.6 Å². The number of nitrogens with zero attached hydrogens (tertiary/aromatic N) is 1. The average molecular weight is 255 g/mol. The zero-order valence-electron chi connectivity index (χ0n) is 10.3. The van der Waals surface area contributed by atoms with Gasteiger partial charge < -0.3 is 10.6 Å². The van der Waals surface area contributed by atoms with E-state index in [0.29, 0.717) is 18.1 Å². The minimum absolute atomic E-state index is 0.0786. The fourth-order valence-corrected chi connectivity index (χ4v) is 1.91. The van der Waals surface area contributed by atoms with E-state index in [4.69, 9.17) is 17.3 Å². The molecule has 0 fully saturated rings. The molecule has 1 aromatic carbocycles. The third kappa shape index (κ3) is 3.72. The Hall–Kier alpha value is -1.06. The van der Waals surface area contributed by atoms with Crippen LogP contribution in [0.5, 0.6) is 0 Å². The molecule has 1 atom stereocenters. The summed E-state index contributed by atoms with van der Waals surface area (Å²) >= 11 is 6.06. The van der Waals surface area contributed by atoms with Crippen LogP contribution in [0, 0.1) is 5.92 Å². The minimum Gasteiger partial charge on any atom is -0.341 e. The van der Waals surface area contributed by atoms with Crippen molar-refractivity contribution in [2.24, 2.45) is 11.7 Å². The molecule has 0 saturated heterocycles. The molecule has 1 unspecified atom stereocenters. The molecule has 94 valence electrons. The Bertz CT molecular complexity index is 377. The van der Waals surface area contributed by atoms with Crippen LogP contribution < -0.4 is 5.73 Å². The summed E-state index contributed by atoms with van der Waals surface area (Å²) in [4.78, 5) is 13.7. The Kier molecular flexibility index (Phi) is 5.45. The van der Waals surface area contributed by atoms with Crippen molar-refractivity contribution in [3.8, 4) is 0 Å². The number of nitrogens with two attached hydrogens (primary N) is 1. The standard InChI is InChI=1S/C13H19ClN2O/c1-3-10(8-15)13(17)16(2)9-11-6-4-5-7-12(11)14/h4-7,10H,3,8-9,15H2,1-2H3. The maximum atomic E-state index is 12.0. The number of amides is 1. The second-order valence-electron chi connectivity index (χ2n) is 4.13. The van der Waals surface area contributed by atoms with Crippen molar-refractivity contribution in [1.29, 1.82) is 0 Å². The normalized spacial score (nSPS) is 12.2. The smallest absolute Gasteiger partial charge is 0.226 e. The van der Waals surface area contributed by atoms with Crippen LogP contribution in [0.3, 0.4) is 0 Å². The Morgan fingerprint density at radius 2 is 2.12 bits per heavy atom. The summed E-state index contributed by atoms with van der Waals surface area (Å²) in [7, 11) is 1.78. The fraction of sp³-hybridized carbons (Fsp3) is 0.462. The van der Waals surface area contributed by atoms with E-state index in [2.05, 4.69) is 0 Å². The van der Waals surface area contributed by atoms with Gasteiger partial charge in [0.05, 0.1) is 5.92 Å². The highest BCUT2D eigenvalue weighted by atomic mass is 35.5. The molecular formula is C13H19ClN2O. The molecule has 0 heterocycles. The molecule has 1 aromatic rings. The molecule has 0 aromatic heterocycles. The molecule has 1 amide bonds. The molecule has 17 heavy (non-hydrogen) atoms. The lowest BCUT2D eigenvalue weighted by molar-refractivity contribution is -0.134. The SMILES string of the molecule is CCC(CN)C(=O)N(C)Cc1ccccc1Cl. The lowest BCUT2D eigenvalue weighted by atomic mass is 10.1. The minimum atomic E-state index is -0.0949. The number of carbonyl (C=O) groups is 1. The van der Waals surface area contributed by atoms with Crippen molar-refractivity contribution >= 4 is 17.5 Å². The highest BCUT2D eigenvalue weighted by Gasteiger charge is 2.19. The first-order valence-electron chi connectivity index (χ1n) is 5.78. The van der Waals surface area contributed by atoms with E-state index in [1.165, 1.54) is 0 Å². The molecule has 3 nitrogen and oxygen atoms in total. The zero-order chi connectivity index (χ0) is 12.8. The summed E-state index contributed by atoms with van der Waals surface area (Å²) in [5.41, 5.74) is 6.53. The van der Waals surface area contributed by atoms with Gasteiger partial charge in [-0.15, -0.1) is 0 Å². The third-order valence-electron chi connectivity index (χ3n) is 2.87. The van der Waals surface area contributed by atoms with Crippen LogP contribution in [-0.4, -0.2) is 24.4 Å². The lowest BCUT2D eigenvalue weighted by Gasteiger charge is -2.22. The fourth-order valence-electron chi connectivity index (χ4n) is 1.71. The zero-order valence-corrected chi connectivity index (χ0v) is 11.1. The van der Waals surface area contributed by atoms with Crippen LogP contribution >= 0.6 is 11.6 Å². The van der Waals surface area contributed by atoms with E-state index >= 15 is 0 Å². The maximum absolute atomic E-state index is 12.0. The van der Waals surface area contributed by atoms with E-state index in [1.54, 1.807) is 11.9 Å². The van der Waals surface area contributed by atoms with Gasteiger partial charge in [-0.25, -0.2) is 0 Å². The molecule has 0 bridgehead atoms. The Labute approximate surface area is 108 Å². The van der Waals surface area contributed by atoms with Gasteiger partial charge in [-0.3, -0.25) is 4.79 Å². The van der Waals surface area contributed by atoms with Gasteiger partial charge in [0.2, 0.25) is 5.91 Å². The van der Waals surface area contributed by atoms with Crippen LogP contribution in [0.1, 0.15) is 18.9 Å². The van der Waals surface area contributed by atoms with Gasteiger partial charge in [0.1, 0.15) is 0 Å². The Morgan fingerprint density at radius 1 is 1.47 bits per heavy atom. The number of rotatable bonds is 5. The van der Waals surface area contributed by atoms with Crippen LogP contribution in [-0.2, 0) is 11.3 Å². The average Bonchev–Trinajstić information content (AvgIpc) is 2.33. The van der Waals surface area contributed by atoms with Crippen LogP contribution in [0.4, 0.5) is 0 Å². The number of hydrogen-bond acceptors (Lipinski definition) is 2. The first-order chi connectivity index (χ1) is 8.10. The predicted octanol–water partition coefficient (Wildman–Crippen LogP) is 2.28. The van der Waals surface area contributed by atoms with Gasteiger partial charge in [-0.05, 0) is 18.1 Å². The van der Waals surface area contributed by atoms with E-state index in [9.17, 15) is 4.79 Å². The van der Waals surface area contributed by atoms with Crippen molar-refractivity contribution in [1.82, 2.24) is 4.90 Å². The van der Waals surface area contributed by atoms with Crippen LogP contribution in [0.25, 0.3) is 0 Å². The van der Waals surface area contributed by atoms with Crippen molar-refractivity contribution in [3.63, 3.8) is 0 Å². The Morgan fingerprint density at radius 3 is 2.65 bits per heavy atom. The number of hydrogen-bond donors (Lipinski definition) is 1. The second kappa shape index (κ2) is 6.62. The van der Waals surface area contributed by atoms with Gasteiger partial charge in [-0.2, -0.15) is 0 Å². The highest BCUT2D eigenvalue weighted by Crippen LogP contribution is 2.17. The summed E-state index contributed by atoms with van der Waals surface area (Å²) in [6, 6.07) is 7.55. The van der Waals surface area contributed by atoms with Crippen molar-refractivity contribution in [3.05, 3.63) is 34.9 Å². The van der Waals surface area contributed by atoms with Crippen molar-refractivity contribution < 1.29 is 4.79 Å². The summed E-state index contributed by atoms with van der Waals surface area (Å²) in [5.74, 6) is -0.0163. The molecule has 0 saturated carbocycles. The van der Waals surface area contributed by atoms with Gasteiger partial charge in [0.15, 0.2) is 0 Å². The quantitative estimate of drug-likeness (QED) is 0.876. The maximum Gasteiger partial charge on any atom is 0.226 e. The van der Waals surface area contributed by atoms with Gasteiger partial charge in [0, 0.05) is 25.2 Å². The van der Waals surface area contributed by atoms with Gasteiger partial charge in [0.25, 0.3) is 0 Å². The first kappa shape index (κ1) is 14.0. The topological polar surface area (TPSA) is 46.3 Å². The Balaban J connectivity index is 2.69. The molecule has 0 aliphatic heterocycles. The van der Waals surface area contributed by atoms with Gasteiger partial charge in [-0.1, -0.05) is 36.7 Å². The van der Waals surface area contributed by atoms with Gasteiger partial charge >= 0.3 is 0 Å². The van der Waals surface area contributed by atoms with Crippen LogP contribution in [0.15, 0.2) is 24.3 Å². The summed E-state index contributed by atoms with van der Waals surface area (Å²) in [6.07, 6.45) is 0.766. The van der Waals surface area contributed by atoms with Crippen molar-refractivity contribution in [2.45, 2.75) is 19.9 Å². The molecule has 0 spiro atoms. The molecule has 0 aliphatic carbocycles. The lowest BCUT2D eigenvalue weighted by Crippen LogP contribution is -2.35. The van der Waals surface area contributed by atoms with E-state index in [0.717, 1.165) is 12.0 Å². The molecule has 0 radical (unpaired) electrons.